The maximum atomic E-state index is 4.33. The minimum Gasteiger partial charge on any atom is -0.356 e. The third kappa shape index (κ3) is 7.07. The van der Waals surface area contributed by atoms with Crippen molar-refractivity contribution in [1.29, 1.82) is 0 Å². The molecule has 0 bridgehead atoms. The SMILES string of the molecule is CCCN1CCC(NC(=NC)NCCc2cnn(C)c2)CC1.I. The first-order valence-electron chi connectivity index (χ1n) is 8.38. The van der Waals surface area contributed by atoms with Gasteiger partial charge in [0.25, 0.3) is 0 Å². The number of hydrogen-bond acceptors (Lipinski definition) is 3. The van der Waals surface area contributed by atoms with Crippen LogP contribution in [0.5, 0.6) is 0 Å². The van der Waals surface area contributed by atoms with Crippen molar-refractivity contribution in [3.63, 3.8) is 0 Å². The van der Waals surface area contributed by atoms with Gasteiger partial charge in [0.2, 0.25) is 0 Å². The average Bonchev–Trinajstić information content (AvgIpc) is 2.94. The van der Waals surface area contributed by atoms with E-state index in [0.29, 0.717) is 6.04 Å². The summed E-state index contributed by atoms with van der Waals surface area (Å²) in [7, 11) is 3.79. The second-order valence-corrected chi connectivity index (χ2v) is 6.03. The second kappa shape index (κ2) is 10.9. The number of hydrogen-bond donors (Lipinski definition) is 2. The molecule has 1 fully saturated rings. The molecule has 1 aliphatic rings. The summed E-state index contributed by atoms with van der Waals surface area (Å²) in [5.74, 6) is 0.915. The molecule has 1 saturated heterocycles. The van der Waals surface area contributed by atoms with Crippen LogP contribution in [0.4, 0.5) is 0 Å². The number of nitrogens with zero attached hydrogens (tertiary/aromatic N) is 4. The third-order valence-corrected chi connectivity index (χ3v) is 4.16. The molecule has 0 unspecified atom stereocenters. The lowest BCUT2D eigenvalue weighted by Crippen LogP contribution is -2.49. The first-order chi connectivity index (χ1) is 10.7. The van der Waals surface area contributed by atoms with E-state index in [0.717, 1.165) is 18.9 Å². The highest BCUT2D eigenvalue weighted by Crippen LogP contribution is 2.10. The summed E-state index contributed by atoms with van der Waals surface area (Å²) in [5, 5.41) is 11.1. The standard InChI is InChI=1S/C16H30N6.HI/c1-4-9-22-10-6-15(7-11-22)20-16(17-2)18-8-5-14-12-19-21(3)13-14;/h12-13,15H,4-11H2,1-3H3,(H2,17,18,20);1H. The van der Waals surface area contributed by atoms with E-state index >= 15 is 0 Å². The van der Waals surface area contributed by atoms with E-state index < -0.39 is 0 Å². The molecular formula is C16H31IN6. The van der Waals surface area contributed by atoms with Crippen LogP contribution < -0.4 is 10.6 Å². The van der Waals surface area contributed by atoms with Crippen LogP contribution >= 0.6 is 24.0 Å². The van der Waals surface area contributed by atoms with Gasteiger partial charge in [-0.15, -0.1) is 24.0 Å². The van der Waals surface area contributed by atoms with E-state index in [1.165, 1.54) is 44.5 Å². The molecule has 0 spiro atoms. The number of aromatic nitrogens is 2. The summed E-state index contributed by atoms with van der Waals surface area (Å²) in [6.07, 6.45) is 8.58. The van der Waals surface area contributed by atoms with Crippen molar-refractivity contribution in [3.05, 3.63) is 18.0 Å². The second-order valence-electron chi connectivity index (χ2n) is 6.03. The molecule has 2 heterocycles. The molecule has 1 aliphatic heterocycles. The number of piperidine rings is 1. The molecule has 0 aliphatic carbocycles. The molecule has 23 heavy (non-hydrogen) atoms. The summed E-state index contributed by atoms with van der Waals surface area (Å²) in [6, 6.07) is 0.540. The molecule has 0 aromatic carbocycles. The molecule has 1 aromatic heterocycles. The Bertz CT molecular complexity index is 465. The van der Waals surface area contributed by atoms with Gasteiger partial charge in [-0.2, -0.15) is 5.10 Å². The number of guanidine groups is 1. The number of nitrogens with one attached hydrogen (secondary N) is 2. The van der Waals surface area contributed by atoms with Crippen LogP contribution in [-0.4, -0.2) is 59.9 Å². The molecule has 7 heteroatoms. The summed E-state index contributed by atoms with van der Waals surface area (Å²) in [4.78, 5) is 6.89. The molecule has 2 N–H and O–H groups in total. The first kappa shape index (κ1) is 20.2. The molecule has 0 radical (unpaired) electrons. The van der Waals surface area contributed by atoms with Gasteiger partial charge >= 0.3 is 0 Å². The van der Waals surface area contributed by atoms with Gasteiger partial charge in [-0.05, 0) is 37.8 Å². The van der Waals surface area contributed by atoms with Crippen LogP contribution in [0.15, 0.2) is 17.4 Å². The number of rotatable bonds is 6. The molecule has 0 atom stereocenters. The molecule has 2 rings (SSSR count). The average molecular weight is 434 g/mol. The molecule has 0 amide bonds. The number of likely N-dealkylation sites (tertiary alicyclic amines) is 1. The predicted octanol–water partition coefficient (Wildman–Crippen LogP) is 1.62. The Morgan fingerprint density at radius 3 is 2.70 bits per heavy atom. The van der Waals surface area contributed by atoms with Crippen molar-refractivity contribution in [3.8, 4) is 0 Å². The maximum absolute atomic E-state index is 4.33. The number of aliphatic imine (C=N–C) groups is 1. The van der Waals surface area contributed by atoms with Gasteiger partial charge in [-0.25, -0.2) is 0 Å². The van der Waals surface area contributed by atoms with Gasteiger partial charge in [-0.3, -0.25) is 9.67 Å². The zero-order valence-corrected chi connectivity index (χ0v) is 16.9. The van der Waals surface area contributed by atoms with E-state index in [1.54, 1.807) is 0 Å². The van der Waals surface area contributed by atoms with Crippen LogP contribution in [0.3, 0.4) is 0 Å². The van der Waals surface area contributed by atoms with Crippen molar-refractivity contribution >= 4 is 29.9 Å². The Hall–Kier alpha value is -0.830. The van der Waals surface area contributed by atoms with Gasteiger partial charge in [0.05, 0.1) is 6.20 Å². The number of halogens is 1. The molecule has 1 aromatic rings. The van der Waals surface area contributed by atoms with Gasteiger partial charge in [0.1, 0.15) is 0 Å². The minimum absolute atomic E-state index is 0. The van der Waals surface area contributed by atoms with Crippen molar-refractivity contribution < 1.29 is 0 Å². The Morgan fingerprint density at radius 1 is 1.39 bits per heavy atom. The summed E-state index contributed by atoms with van der Waals surface area (Å²) >= 11 is 0. The lowest BCUT2D eigenvalue weighted by molar-refractivity contribution is 0.206. The molecule has 6 nitrogen and oxygen atoms in total. The van der Waals surface area contributed by atoms with Gasteiger partial charge in [-0.1, -0.05) is 6.92 Å². The lowest BCUT2D eigenvalue weighted by Gasteiger charge is -2.32. The van der Waals surface area contributed by atoms with Crippen molar-refractivity contribution in [2.24, 2.45) is 12.0 Å². The Labute approximate surface area is 157 Å². The molecule has 0 saturated carbocycles. The maximum Gasteiger partial charge on any atom is 0.191 e. The summed E-state index contributed by atoms with van der Waals surface area (Å²) in [5.41, 5.74) is 1.25. The van der Waals surface area contributed by atoms with Crippen LogP contribution in [0.25, 0.3) is 0 Å². The number of aryl methyl sites for hydroxylation is 1. The van der Waals surface area contributed by atoms with Crippen LogP contribution in [0, 0.1) is 0 Å². The van der Waals surface area contributed by atoms with Crippen LogP contribution in [0.1, 0.15) is 31.7 Å². The Balaban J connectivity index is 0.00000264. The first-order valence-corrected chi connectivity index (χ1v) is 8.38. The smallest absolute Gasteiger partial charge is 0.191 e. The predicted molar refractivity (Wildman–Crippen MR) is 107 cm³/mol. The Morgan fingerprint density at radius 2 is 2.13 bits per heavy atom. The third-order valence-electron chi connectivity index (χ3n) is 4.16. The quantitative estimate of drug-likeness (QED) is 0.406. The minimum atomic E-state index is 0. The highest BCUT2D eigenvalue weighted by Gasteiger charge is 2.19. The normalized spacial score (nSPS) is 16.9. The van der Waals surface area contributed by atoms with Crippen molar-refractivity contribution in [2.75, 3.05) is 33.2 Å². The monoisotopic (exact) mass is 434 g/mol. The topological polar surface area (TPSA) is 57.5 Å². The van der Waals surface area contributed by atoms with Gasteiger partial charge in [0, 0.05) is 46.0 Å². The van der Waals surface area contributed by atoms with E-state index in [4.69, 9.17) is 0 Å². The van der Waals surface area contributed by atoms with Crippen LogP contribution in [0.2, 0.25) is 0 Å². The van der Waals surface area contributed by atoms with Gasteiger partial charge < -0.3 is 15.5 Å². The zero-order valence-electron chi connectivity index (χ0n) is 14.6. The molecular weight excluding hydrogens is 403 g/mol. The van der Waals surface area contributed by atoms with E-state index in [2.05, 4.69) is 38.7 Å². The van der Waals surface area contributed by atoms with Crippen molar-refractivity contribution in [1.82, 2.24) is 25.3 Å². The highest BCUT2D eigenvalue weighted by molar-refractivity contribution is 14.0. The van der Waals surface area contributed by atoms with Crippen molar-refractivity contribution in [2.45, 2.75) is 38.6 Å². The Kier molecular flexibility index (Phi) is 9.54. The molecule has 132 valence electrons. The van der Waals surface area contributed by atoms with Gasteiger partial charge in [0.15, 0.2) is 5.96 Å². The van der Waals surface area contributed by atoms with E-state index in [-0.39, 0.29) is 24.0 Å². The van der Waals surface area contributed by atoms with Crippen LogP contribution in [-0.2, 0) is 13.5 Å². The lowest BCUT2D eigenvalue weighted by atomic mass is 10.1. The largest absolute Gasteiger partial charge is 0.356 e. The summed E-state index contributed by atoms with van der Waals surface area (Å²) < 4.78 is 1.84. The summed E-state index contributed by atoms with van der Waals surface area (Å²) in [6.45, 7) is 6.74. The fourth-order valence-corrected chi connectivity index (χ4v) is 2.93. The zero-order chi connectivity index (χ0) is 15.8. The highest BCUT2D eigenvalue weighted by atomic mass is 127. The fourth-order valence-electron chi connectivity index (χ4n) is 2.93. The van der Waals surface area contributed by atoms with E-state index in [1.807, 2.05) is 25.0 Å². The van der Waals surface area contributed by atoms with E-state index in [9.17, 15) is 0 Å². The fraction of sp³-hybridized carbons (Fsp3) is 0.750.